The van der Waals surface area contributed by atoms with Crippen LogP contribution in [0.25, 0.3) is 0 Å². The molecule has 0 amide bonds. The molecule has 0 saturated heterocycles. The molecule has 1 nitrogen and oxygen atoms in total. The average Bonchev–Trinajstić information content (AvgIpc) is 2.41. The van der Waals surface area contributed by atoms with Crippen molar-refractivity contribution in [2.75, 3.05) is 0 Å². The summed E-state index contributed by atoms with van der Waals surface area (Å²) in [7, 11) is 0. The second kappa shape index (κ2) is 5.08. The third-order valence-corrected chi connectivity index (χ3v) is 3.87. The van der Waals surface area contributed by atoms with E-state index in [1.807, 2.05) is 6.07 Å². The molecular weight excluding hydrogens is 316 g/mol. The van der Waals surface area contributed by atoms with Crippen molar-refractivity contribution >= 4 is 49.0 Å². The van der Waals surface area contributed by atoms with Crippen LogP contribution in [0.5, 0.6) is 0 Å². The highest BCUT2D eigenvalue weighted by atomic mass is 79.9. The molecule has 1 aromatic heterocycles. The van der Waals surface area contributed by atoms with Crippen LogP contribution in [0.2, 0.25) is 0 Å². The van der Waals surface area contributed by atoms with Crippen molar-refractivity contribution in [2.45, 2.75) is 12.8 Å². The summed E-state index contributed by atoms with van der Waals surface area (Å²) in [5.74, 6) is 0.161. The first kappa shape index (κ1) is 11.1. The highest BCUT2D eigenvalue weighted by Crippen LogP contribution is 2.32. The maximum atomic E-state index is 11.5. The Morgan fingerprint density at radius 3 is 2.77 bits per heavy atom. The molecule has 4 heteroatoms. The summed E-state index contributed by atoms with van der Waals surface area (Å²) in [6, 6.07) is 1.85. The van der Waals surface area contributed by atoms with E-state index in [0.29, 0.717) is 6.42 Å². The minimum atomic E-state index is 0.161. The van der Waals surface area contributed by atoms with Crippen molar-refractivity contribution in [1.82, 2.24) is 0 Å². The summed E-state index contributed by atoms with van der Waals surface area (Å²) in [5.41, 5.74) is 0.763. The van der Waals surface area contributed by atoms with Crippen LogP contribution < -0.4 is 0 Å². The first-order chi connectivity index (χ1) is 6.15. The zero-order valence-electron chi connectivity index (χ0n) is 6.85. The molecule has 0 aliphatic rings. The van der Waals surface area contributed by atoms with E-state index >= 15 is 0 Å². The summed E-state index contributed by atoms with van der Waals surface area (Å²) < 4.78 is 1.87. The van der Waals surface area contributed by atoms with Gasteiger partial charge in [-0.2, -0.15) is 0 Å². The minimum Gasteiger partial charge on any atom is -0.294 e. The predicted molar refractivity (Wildman–Crippen MR) is 63.5 cm³/mol. The molecule has 0 unspecified atom stereocenters. The fourth-order valence-electron chi connectivity index (χ4n) is 0.898. The topological polar surface area (TPSA) is 17.1 Å². The zero-order valence-corrected chi connectivity index (χ0v) is 10.8. The van der Waals surface area contributed by atoms with E-state index < -0.39 is 0 Å². The Hall–Kier alpha value is 0.0700. The zero-order chi connectivity index (χ0) is 9.84. The van der Waals surface area contributed by atoms with E-state index in [9.17, 15) is 4.79 Å². The molecule has 1 aromatic rings. The molecule has 0 atom stereocenters. The number of hydrogen-bond acceptors (Lipinski definition) is 2. The minimum absolute atomic E-state index is 0.161. The molecule has 0 N–H and O–H groups in total. The van der Waals surface area contributed by atoms with Gasteiger partial charge in [-0.05, 0) is 44.3 Å². The molecular formula is C9H8Br2OS. The maximum Gasteiger partial charge on any atom is 0.165 e. The summed E-state index contributed by atoms with van der Waals surface area (Å²) >= 11 is 8.20. The van der Waals surface area contributed by atoms with Crippen molar-refractivity contribution in [2.24, 2.45) is 0 Å². The molecule has 0 fully saturated rings. The van der Waals surface area contributed by atoms with Crippen LogP contribution >= 0.6 is 43.2 Å². The molecule has 70 valence electrons. The molecule has 0 saturated carbocycles. The van der Waals surface area contributed by atoms with Gasteiger partial charge < -0.3 is 0 Å². The average molecular weight is 324 g/mol. The Labute approximate surface area is 98.1 Å². The van der Waals surface area contributed by atoms with E-state index in [4.69, 9.17) is 0 Å². The van der Waals surface area contributed by atoms with Gasteiger partial charge in [-0.15, -0.1) is 17.9 Å². The number of carbonyl (C=O) groups excluding carboxylic acids is 1. The third kappa shape index (κ3) is 3.04. The normalized spacial score (nSPS) is 10.0. The summed E-state index contributed by atoms with van der Waals surface area (Å²) in [6.45, 7) is 3.58. The van der Waals surface area contributed by atoms with Crippen molar-refractivity contribution in [3.63, 3.8) is 0 Å². The van der Waals surface area contributed by atoms with Gasteiger partial charge in [-0.25, -0.2) is 0 Å². The van der Waals surface area contributed by atoms with Crippen LogP contribution in [0.15, 0.2) is 26.3 Å². The quantitative estimate of drug-likeness (QED) is 0.592. The lowest BCUT2D eigenvalue weighted by molar-refractivity contribution is 0.0983. The van der Waals surface area contributed by atoms with Crippen LogP contribution in [-0.4, -0.2) is 5.78 Å². The summed E-state index contributed by atoms with van der Waals surface area (Å²) in [5, 5.41) is 0. The van der Waals surface area contributed by atoms with Crippen LogP contribution in [-0.2, 0) is 0 Å². The van der Waals surface area contributed by atoms with E-state index in [0.717, 1.165) is 19.6 Å². The van der Waals surface area contributed by atoms with Crippen LogP contribution in [0.3, 0.4) is 0 Å². The molecule has 0 aromatic carbocycles. The molecule has 0 aliphatic heterocycles. The summed E-state index contributed by atoms with van der Waals surface area (Å²) in [6.07, 6.45) is 3.03. The lowest BCUT2D eigenvalue weighted by Crippen LogP contribution is -1.96. The number of Topliss-reactive ketones (excluding diaryl/α,β-unsaturated/α-hetero) is 1. The number of hydrogen-bond donors (Lipinski definition) is 0. The van der Waals surface area contributed by atoms with Gasteiger partial charge in [0.1, 0.15) is 0 Å². The summed E-state index contributed by atoms with van der Waals surface area (Å²) in [4.78, 5) is 11.5. The Morgan fingerprint density at radius 1 is 1.62 bits per heavy atom. The second-order valence-corrected chi connectivity index (χ2v) is 6.24. The van der Waals surface area contributed by atoms with Gasteiger partial charge >= 0.3 is 0 Å². The largest absolute Gasteiger partial charge is 0.294 e. The third-order valence-electron chi connectivity index (χ3n) is 1.53. The first-order valence-corrected chi connectivity index (χ1v) is 6.14. The Bertz CT molecular complexity index is 330. The maximum absolute atomic E-state index is 11.5. The number of thiophene rings is 1. The second-order valence-electron chi connectivity index (χ2n) is 2.49. The fraction of sp³-hybridized carbons (Fsp3) is 0.222. The Balaban J connectivity index is 2.76. The highest BCUT2D eigenvalue weighted by molar-refractivity contribution is 9.12. The highest BCUT2D eigenvalue weighted by Gasteiger charge is 2.12. The van der Waals surface area contributed by atoms with Crippen molar-refractivity contribution in [3.05, 3.63) is 31.9 Å². The first-order valence-electron chi connectivity index (χ1n) is 3.74. The van der Waals surface area contributed by atoms with E-state index in [-0.39, 0.29) is 5.78 Å². The van der Waals surface area contributed by atoms with E-state index in [2.05, 4.69) is 38.4 Å². The molecule has 1 heterocycles. The Morgan fingerprint density at radius 2 is 2.31 bits per heavy atom. The van der Waals surface area contributed by atoms with Gasteiger partial charge in [0.15, 0.2) is 5.78 Å². The molecule has 0 bridgehead atoms. The molecule has 0 radical (unpaired) electrons. The van der Waals surface area contributed by atoms with Gasteiger partial charge in [0.05, 0.1) is 7.57 Å². The molecule has 0 spiro atoms. The molecule has 0 aliphatic carbocycles. The van der Waals surface area contributed by atoms with Gasteiger partial charge in [0, 0.05) is 12.0 Å². The lowest BCUT2D eigenvalue weighted by atomic mass is 10.1. The molecule has 13 heavy (non-hydrogen) atoms. The number of allylic oxidation sites excluding steroid dienone is 1. The smallest absolute Gasteiger partial charge is 0.165 e. The molecule has 1 rings (SSSR count). The lowest BCUT2D eigenvalue weighted by Gasteiger charge is -1.94. The standard InChI is InChI=1S/C9H8Br2OS/c1-2-3-4-7(12)6-5-8(10)13-9(6)11/h2,5H,1,3-4H2. The predicted octanol–water partition coefficient (Wildman–Crippen LogP) is 4.42. The van der Waals surface area contributed by atoms with Gasteiger partial charge in [-0.3, -0.25) is 4.79 Å². The number of ketones is 1. The van der Waals surface area contributed by atoms with Gasteiger partial charge in [0.25, 0.3) is 0 Å². The Kier molecular flexibility index (Phi) is 4.35. The van der Waals surface area contributed by atoms with Crippen molar-refractivity contribution in [1.29, 1.82) is 0 Å². The van der Waals surface area contributed by atoms with E-state index in [1.54, 1.807) is 6.08 Å². The van der Waals surface area contributed by atoms with E-state index in [1.165, 1.54) is 11.3 Å². The number of carbonyl (C=O) groups is 1. The van der Waals surface area contributed by atoms with Crippen LogP contribution in [0.4, 0.5) is 0 Å². The number of halogens is 2. The SMILES string of the molecule is C=CCCC(=O)c1cc(Br)sc1Br. The number of rotatable bonds is 4. The van der Waals surface area contributed by atoms with Gasteiger partial charge in [-0.1, -0.05) is 6.08 Å². The van der Waals surface area contributed by atoms with Crippen LogP contribution in [0, 0.1) is 0 Å². The monoisotopic (exact) mass is 322 g/mol. The van der Waals surface area contributed by atoms with Crippen molar-refractivity contribution in [3.8, 4) is 0 Å². The van der Waals surface area contributed by atoms with Gasteiger partial charge in [0.2, 0.25) is 0 Å². The van der Waals surface area contributed by atoms with Crippen molar-refractivity contribution < 1.29 is 4.79 Å². The fourth-order valence-corrected chi connectivity index (χ4v) is 3.75. The van der Waals surface area contributed by atoms with Crippen LogP contribution in [0.1, 0.15) is 23.2 Å².